The maximum atomic E-state index is 12.8. The number of nitrogens with zero attached hydrogens (tertiary/aromatic N) is 4. The molecule has 0 saturated carbocycles. The highest BCUT2D eigenvalue weighted by molar-refractivity contribution is 5.90. The van der Waals surface area contributed by atoms with Gasteiger partial charge in [-0.15, -0.1) is 0 Å². The summed E-state index contributed by atoms with van der Waals surface area (Å²) in [5, 5.41) is 2.27. The van der Waals surface area contributed by atoms with Gasteiger partial charge < -0.3 is 19.4 Å². The second-order valence-corrected chi connectivity index (χ2v) is 15.4. The van der Waals surface area contributed by atoms with Crippen molar-refractivity contribution in [3.8, 4) is 11.3 Å². The zero-order valence-corrected chi connectivity index (χ0v) is 29.7. The van der Waals surface area contributed by atoms with Crippen LogP contribution in [0.1, 0.15) is 102 Å². The van der Waals surface area contributed by atoms with Crippen molar-refractivity contribution in [3.05, 3.63) is 83.6 Å². The zero-order chi connectivity index (χ0) is 35.2. The molecule has 3 aromatic carbocycles. The van der Waals surface area contributed by atoms with Gasteiger partial charge in [-0.2, -0.15) is 0 Å². The smallest absolute Gasteiger partial charge is 0.410 e. The summed E-state index contributed by atoms with van der Waals surface area (Å²) in [4.78, 5) is 45.7. The van der Waals surface area contributed by atoms with Gasteiger partial charge in [-0.1, -0.05) is 42.5 Å². The number of carbonyl (C=O) groups excluding carboxylic acids is 2. The van der Waals surface area contributed by atoms with E-state index in [4.69, 9.17) is 14.5 Å². The van der Waals surface area contributed by atoms with Crippen LogP contribution in [0, 0.1) is 0 Å². The topological polar surface area (TPSA) is 116 Å². The molecular weight excluding hydrogens is 628 g/mol. The van der Waals surface area contributed by atoms with E-state index in [9.17, 15) is 9.59 Å². The normalized spacial score (nSPS) is 18.5. The monoisotopic (exact) mass is 674 g/mol. The highest BCUT2D eigenvalue weighted by atomic mass is 16.6. The molecule has 0 spiro atoms. The molecule has 0 aliphatic carbocycles. The maximum Gasteiger partial charge on any atom is 0.410 e. The summed E-state index contributed by atoms with van der Waals surface area (Å²) in [6, 6.07) is 18.8. The second-order valence-electron chi connectivity index (χ2n) is 15.4. The summed E-state index contributed by atoms with van der Waals surface area (Å²) in [6.07, 6.45) is 9.03. The molecule has 0 unspecified atom stereocenters. The number of amides is 2. The van der Waals surface area contributed by atoms with Gasteiger partial charge >= 0.3 is 12.2 Å². The molecule has 2 aromatic heterocycles. The molecular formula is C40H46N6O4. The Hall–Kier alpha value is -5.12. The fraction of sp³-hybridized carbons (Fsp3) is 0.400. The third-order valence-electron chi connectivity index (χ3n) is 9.16. The minimum atomic E-state index is -0.539. The molecule has 2 fully saturated rings. The van der Waals surface area contributed by atoms with E-state index in [0.717, 1.165) is 81.5 Å². The number of ether oxygens (including phenoxy) is 2. The van der Waals surface area contributed by atoms with Crippen LogP contribution < -0.4 is 0 Å². The average Bonchev–Trinajstić information content (AvgIpc) is 3.87. The fourth-order valence-electron chi connectivity index (χ4n) is 6.87. The summed E-state index contributed by atoms with van der Waals surface area (Å²) >= 11 is 0. The molecule has 2 atom stereocenters. The van der Waals surface area contributed by atoms with Crippen molar-refractivity contribution in [2.45, 2.75) is 90.5 Å². The number of fused-ring (bicyclic) bond motifs is 2. The van der Waals surface area contributed by atoms with E-state index in [1.54, 1.807) is 9.80 Å². The molecule has 5 aromatic rings. The Morgan fingerprint density at radius 3 is 1.98 bits per heavy atom. The molecule has 10 nitrogen and oxygen atoms in total. The van der Waals surface area contributed by atoms with E-state index in [0.29, 0.717) is 13.1 Å². The third kappa shape index (κ3) is 7.25. The number of hydrogen-bond acceptors (Lipinski definition) is 6. The number of H-pyrrole nitrogens is 2. The van der Waals surface area contributed by atoms with E-state index < -0.39 is 11.2 Å². The summed E-state index contributed by atoms with van der Waals surface area (Å²) in [5.41, 5.74) is 4.86. The van der Waals surface area contributed by atoms with E-state index in [2.05, 4.69) is 75.6 Å². The molecule has 260 valence electrons. The van der Waals surface area contributed by atoms with Crippen LogP contribution in [-0.2, 0) is 9.47 Å². The summed E-state index contributed by atoms with van der Waals surface area (Å²) in [7, 11) is 0. The van der Waals surface area contributed by atoms with E-state index in [1.807, 2.05) is 53.8 Å². The van der Waals surface area contributed by atoms with Crippen molar-refractivity contribution >= 4 is 46.1 Å². The Morgan fingerprint density at radius 1 is 0.740 bits per heavy atom. The SMILES string of the molecule is CC(C)(C)OC(=O)N1CCC[C@H]1c1ncc(-c2ccc3cc(C=Cc4ccc5nc([C@@H]6CCCN6C(=O)OC(C)(C)C)[nH]c5c4)ccc3c2)[nH]1. The minimum Gasteiger partial charge on any atom is -0.444 e. The van der Waals surface area contributed by atoms with Crippen molar-refractivity contribution in [1.29, 1.82) is 0 Å². The quantitative estimate of drug-likeness (QED) is 0.180. The van der Waals surface area contributed by atoms with Gasteiger partial charge in [0.1, 0.15) is 22.9 Å². The highest BCUT2D eigenvalue weighted by Crippen LogP contribution is 2.35. The first kappa shape index (κ1) is 33.4. The standard InChI is InChI=1S/C40H46N6O4/c1-39(2,3)49-37(47)45-19-7-9-33(45)35-41-24-32(44-35)29-17-16-27-21-25(13-15-28(27)23-29)11-12-26-14-18-30-31(22-26)43-36(42-30)34-10-8-20-46(34)38(48)50-40(4,5)6/h11-18,21-24,33-34H,7-10,19-20H2,1-6H3,(H,41,44)(H,42,43)/t33-,34-/m0/s1. The van der Waals surface area contributed by atoms with Crippen molar-refractivity contribution < 1.29 is 19.1 Å². The van der Waals surface area contributed by atoms with Crippen LogP contribution in [0.5, 0.6) is 0 Å². The Balaban J connectivity index is 1.04. The van der Waals surface area contributed by atoms with Gasteiger partial charge in [0.2, 0.25) is 0 Å². The average molecular weight is 675 g/mol. The van der Waals surface area contributed by atoms with Crippen LogP contribution in [0.15, 0.2) is 60.8 Å². The maximum absolute atomic E-state index is 12.8. The number of carbonyl (C=O) groups is 2. The van der Waals surface area contributed by atoms with Crippen LogP contribution in [0.4, 0.5) is 9.59 Å². The lowest BCUT2D eigenvalue weighted by molar-refractivity contribution is 0.0208. The fourth-order valence-corrected chi connectivity index (χ4v) is 6.87. The molecule has 4 heterocycles. The molecule has 0 radical (unpaired) electrons. The second kappa shape index (κ2) is 13.0. The van der Waals surface area contributed by atoms with Crippen LogP contribution >= 0.6 is 0 Å². The molecule has 50 heavy (non-hydrogen) atoms. The number of aromatic nitrogens is 4. The lowest BCUT2D eigenvalue weighted by Gasteiger charge is -2.27. The van der Waals surface area contributed by atoms with Crippen molar-refractivity contribution in [1.82, 2.24) is 29.7 Å². The predicted molar refractivity (Wildman–Crippen MR) is 196 cm³/mol. The number of benzene rings is 3. The van der Waals surface area contributed by atoms with Gasteiger partial charge in [0.05, 0.1) is 35.0 Å². The predicted octanol–water partition coefficient (Wildman–Crippen LogP) is 9.42. The van der Waals surface area contributed by atoms with E-state index in [1.165, 1.54) is 0 Å². The molecule has 10 heteroatoms. The van der Waals surface area contributed by atoms with E-state index in [-0.39, 0.29) is 24.3 Å². The first-order valence-electron chi connectivity index (χ1n) is 17.6. The van der Waals surface area contributed by atoms with Crippen LogP contribution in [0.3, 0.4) is 0 Å². The number of imidazole rings is 2. The van der Waals surface area contributed by atoms with Gasteiger partial charge in [0.25, 0.3) is 0 Å². The van der Waals surface area contributed by atoms with Gasteiger partial charge in [0, 0.05) is 18.7 Å². The Labute approximate surface area is 292 Å². The summed E-state index contributed by atoms with van der Waals surface area (Å²) in [6.45, 7) is 12.7. The first-order valence-corrected chi connectivity index (χ1v) is 17.6. The van der Waals surface area contributed by atoms with Gasteiger partial charge in [0.15, 0.2) is 0 Å². The molecule has 7 rings (SSSR count). The molecule has 2 amide bonds. The van der Waals surface area contributed by atoms with Crippen LogP contribution in [0.25, 0.3) is 45.2 Å². The Kier molecular flexibility index (Phi) is 8.66. The van der Waals surface area contributed by atoms with E-state index >= 15 is 0 Å². The zero-order valence-electron chi connectivity index (χ0n) is 29.7. The van der Waals surface area contributed by atoms with Gasteiger partial charge in [-0.3, -0.25) is 9.80 Å². The van der Waals surface area contributed by atoms with Crippen LogP contribution in [-0.4, -0.2) is 66.2 Å². The number of rotatable bonds is 5. The Bertz CT molecular complexity index is 2080. The number of hydrogen-bond donors (Lipinski definition) is 2. The molecule has 2 aliphatic rings. The minimum absolute atomic E-state index is 0.119. The lowest BCUT2D eigenvalue weighted by atomic mass is 10.0. The largest absolute Gasteiger partial charge is 0.444 e. The summed E-state index contributed by atoms with van der Waals surface area (Å²) < 4.78 is 11.3. The number of likely N-dealkylation sites (tertiary alicyclic amines) is 2. The summed E-state index contributed by atoms with van der Waals surface area (Å²) in [5.74, 6) is 1.58. The van der Waals surface area contributed by atoms with Crippen molar-refractivity contribution in [2.75, 3.05) is 13.1 Å². The number of nitrogens with one attached hydrogen (secondary N) is 2. The number of aromatic amines is 2. The van der Waals surface area contributed by atoms with Crippen molar-refractivity contribution in [2.24, 2.45) is 0 Å². The van der Waals surface area contributed by atoms with Gasteiger partial charge in [-0.25, -0.2) is 19.6 Å². The third-order valence-corrected chi connectivity index (χ3v) is 9.16. The molecule has 2 N–H and O–H groups in total. The first-order chi connectivity index (χ1) is 23.8. The van der Waals surface area contributed by atoms with Crippen LogP contribution in [0.2, 0.25) is 0 Å². The lowest BCUT2D eigenvalue weighted by Crippen LogP contribution is -2.36. The van der Waals surface area contributed by atoms with Crippen molar-refractivity contribution in [3.63, 3.8) is 0 Å². The van der Waals surface area contributed by atoms with Gasteiger partial charge in [-0.05, 0) is 113 Å². The Morgan fingerprint density at radius 2 is 1.32 bits per heavy atom. The molecule has 2 aliphatic heterocycles. The highest BCUT2D eigenvalue weighted by Gasteiger charge is 2.36. The molecule has 2 saturated heterocycles. The molecule has 0 bridgehead atoms.